The molecule has 0 atom stereocenters. The number of hydrogen-bond acceptors (Lipinski definition) is 3. The molecule has 4 nitrogen and oxygen atoms in total. The third kappa shape index (κ3) is 4.38. The molecule has 0 spiro atoms. The van der Waals surface area contributed by atoms with Crippen LogP contribution < -0.4 is 4.74 Å². The highest BCUT2D eigenvalue weighted by Crippen LogP contribution is 2.19. The van der Waals surface area contributed by atoms with Gasteiger partial charge in [0.2, 0.25) is 5.91 Å². The number of amides is 1. The maximum Gasteiger partial charge on any atom is 0.227 e. The molecule has 0 bridgehead atoms. The monoisotopic (exact) mass is 360 g/mol. The topological polar surface area (TPSA) is 32.8 Å². The lowest BCUT2D eigenvalue weighted by Crippen LogP contribution is -2.48. The third-order valence-electron chi connectivity index (χ3n) is 4.65. The van der Waals surface area contributed by atoms with Crippen molar-refractivity contribution in [2.75, 3.05) is 33.3 Å². The van der Waals surface area contributed by atoms with Crippen LogP contribution in [0.3, 0.4) is 0 Å². The van der Waals surface area contributed by atoms with Crippen molar-refractivity contribution in [3.05, 3.63) is 65.2 Å². The van der Waals surface area contributed by atoms with Gasteiger partial charge in [-0.1, -0.05) is 24.3 Å². The van der Waals surface area contributed by atoms with Gasteiger partial charge in [-0.15, -0.1) is 0 Å². The summed E-state index contributed by atoms with van der Waals surface area (Å²) >= 11 is 0. The van der Waals surface area contributed by atoms with Crippen molar-refractivity contribution >= 4 is 5.91 Å². The molecule has 0 aliphatic carbocycles. The summed E-state index contributed by atoms with van der Waals surface area (Å²) in [5.41, 5.74) is 1.29. The van der Waals surface area contributed by atoms with Gasteiger partial charge in [0.05, 0.1) is 13.5 Å². The van der Waals surface area contributed by atoms with Crippen LogP contribution in [0.5, 0.6) is 5.75 Å². The number of halogens is 2. The van der Waals surface area contributed by atoms with E-state index >= 15 is 0 Å². The first kappa shape index (κ1) is 18.3. The number of carbonyl (C=O) groups is 1. The van der Waals surface area contributed by atoms with Crippen molar-refractivity contribution in [2.45, 2.75) is 13.0 Å². The standard InChI is InChI=1S/C20H22F2N2O2/c1-26-19-7-6-15(12-18(19)22)14-23-8-10-24(11-9-23)20(25)13-16-4-2-3-5-17(16)21/h2-7,12H,8-11,13-14H2,1H3. The van der Waals surface area contributed by atoms with Crippen molar-refractivity contribution in [2.24, 2.45) is 0 Å². The Morgan fingerprint density at radius 2 is 1.77 bits per heavy atom. The van der Waals surface area contributed by atoms with Gasteiger partial charge < -0.3 is 9.64 Å². The van der Waals surface area contributed by atoms with E-state index in [4.69, 9.17) is 4.74 Å². The van der Waals surface area contributed by atoms with Gasteiger partial charge in [-0.25, -0.2) is 8.78 Å². The average Bonchev–Trinajstić information content (AvgIpc) is 2.64. The number of hydrogen-bond donors (Lipinski definition) is 0. The minimum atomic E-state index is -0.372. The molecule has 1 amide bonds. The molecule has 3 rings (SSSR count). The zero-order valence-electron chi connectivity index (χ0n) is 14.8. The summed E-state index contributed by atoms with van der Waals surface area (Å²) in [6.45, 7) is 3.21. The van der Waals surface area contributed by atoms with Crippen LogP contribution in [0.4, 0.5) is 8.78 Å². The molecule has 0 unspecified atom stereocenters. The molecule has 1 saturated heterocycles. The summed E-state index contributed by atoms with van der Waals surface area (Å²) in [4.78, 5) is 16.3. The molecule has 1 heterocycles. The Hall–Kier alpha value is -2.47. The normalized spacial score (nSPS) is 15.1. The van der Waals surface area contributed by atoms with Crippen LogP contribution in [0.15, 0.2) is 42.5 Å². The van der Waals surface area contributed by atoms with Crippen LogP contribution in [0, 0.1) is 11.6 Å². The Kier molecular flexibility index (Phi) is 5.83. The summed E-state index contributed by atoms with van der Waals surface area (Å²) in [5, 5.41) is 0. The SMILES string of the molecule is COc1ccc(CN2CCN(C(=O)Cc3ccccc3F)CC2)cc1F. The van der Waals surface area contributed by atoms with Gasteiger partial charge in [0.1, 0.15) is 5.82 Å². The molecule has 0 aromatic heterocycles. The smallest absolute Gasteiger partial charge is 0.227 e. The van der Waals surface area contributed by atoms with Gasteiger partial charge in [-0.05, 0) is 29.3 Å². The summed E-state index contributed by atoms with van der Waals surface area (Å²) < 4.78 is 32.4. The summed E-state index contributed by atoms with van der Waals surface area (Å²) in [6, 6.07) is 11.3. The lowest BCUT2D eigenvalue weighted by atomic mass is 10.1. The third-order valence-corrected chi connectivity index (χ3v) is 4.65. The first-order chi connectivity index (χ1) is 12.6. The Morgan fingerprint density at radius 3 is 2.42 bits per heavy atom. The molecular formula is C20H22F2N2O2. The van der Waals surface area contributed by atoms with Crippen LogP contribution in [0.1, 0.15) is 11.1 Å². The molecule has 6 heteroatoms. The van der Waals surface area contributed by atoms with Crippen LogP contribution in [-0.4, -0.2) is 49.0 Å². The largest absolute Gasteiger partial charge is 0.494 e. The lowest BCUT2D eigenvalue weighted by Gasteiger charge is -2.35. The Morgan fingerprint density at radius 1 is 1.04 bits per heavy atom. The van der Waals surface area contributed by atoms with E-state index in [0.29, 0.717) is 38.3 Å². The number of ether oxygens (including phenoxy) is 1. The quantitative estimate of drug-likeness (QED) is 0.822. The molecule has 0 N–H and O–H groups in total. The lowest BCUT2D eigenvalue weighted by molar-refractivity contribution is -0.132. The summed E-state index contributed by atoms with van der Waals surface area (Å²) in [6.07, 6.45) is 0.0797. The van der Waals surface area contributed by atoms with E-state index in [0.717, 1.165) is 5.56 Å². The second-order valence-electron chi connectivity index (χ2n) is 6.39. The van der Waals surface area contributed by atoms with Gasteiger partial charge in [0, 0.05) is 32.7 Å². The second-order valence-corrected chi connectivity index (χ2v) is 6.39. The highest BCUT2D eigenvalue weighted by Gasteiger charge is 2.22. The molecule has 138 valence electrons. The fraction of sp³-hybridized carbons (Fsp3) is 0.350. The van der Waals surface area contributed by atoms with E-state index in [2.05, 4.69) is 4.90 Å². The zero-order valence-corrected chi connectivity index (χ0v) is 14.8. The maximum atomic E-state index is 13.8. The van der Waals surface area contributed by atoms with E-state index in [9.17, 15) is 13.6 Å². The molecule has 1 fully saturated rings. The fourth-order valence-electron chi connectivity index (χ4n) is 3.14. The van der Waals surface area contributed by atoms with Crippen molar-refractivity contribution in [1.29, 1.82) is 0 Å². The van der Waals surface area contributed by atoms with Crippen molar-refractivity contribution in [3.8, 4) is 5.75 Å². The predicted octanol–water partition coefficient (Wildman–Crippen LogP) is 2.86. The second kappa shape index (κ2) is 8.27. The average molecular weight is 360 g/mol. The Balaban J connectivity index is 1.51. The minimum absolute atomic E-state index is 0.0646. The van der Waals surface area contributed by atoms with Gasteiger partial charge in [0.15, 0.2) is 11.6 Å². The van der Waals surface area contributed by atoms with Gasteiger partial charge >= 0.3 is 0 Å². The molecular weight excluding hydrogens is 338 g/mol. The van der Waals surface area contributed by atoms with Crippen molar-refractivity contribution < 1.29 is 18.3 Å². The number of rotatable bonds is 5. The highest BCUT2D eigenvalue weighted by atomic mass is 19.1. The van der Waals surface area contributed by atoms with E-state index in [1.807, 2.05) is 6.07 Å². The Bertz CT molecular complexity index is 774. The number of piperazine rings is 1. The maximum absolute atomic E-state index is 13.8. The van der Waals surface area contributed by atoms with Crippen LogP contribution in [-0.2, 0) is 17.8 Å². The fourth-order valence-corrected chi connectivity index (χ4v) is 3.14. The molecule has 0 radical (unpaired) electrons. The van der Waals surface area contributed by atoms with Gasteiger partial charge in [-0.3, -0.25) is 9.69 Å². The van der Waals surface area contributed by atoms with Crippen molar-refractivity contribution in [3.63, 3.8) is 0 Å². The first-order valence-corrected chi connectivity index (χ1v) is 8.63. The highest BCUT2D eigenvalue weighted by molar-refractivity contribution is 5.79. The van der Waals surface area contributed by atoms with Crippen LogP contribution in [0.25, 0.3) is 0 Å². The number of nitrogens with zero attached hydrogens (tertiary/aromatic N) is 2. The van der Waals surface area contributed by atoms with E-state index in [-0.39, 0.29) is 29.7 Å². The molecule has 26 heavy (non-hydrogen) atoms. The summed E-state index contributed by atoms with van der Waals surface area (Å²) in [5.74, 6) is -0.549. The zero-order chi connectivity index (χ0) is 18.5. The first-order valence-electron chi connectivity index (χ1n) is 8.63. The van der Waals surface area contributed by atoms with E-state index in [1.165, 1.54) is 19.2 Å². The number of methoxy groups -OCH3 is 1. The van der Waals surface area contributed by atoms with Crippen LogP contribution in [0.2, 0.25) is 0 Å². The van der Waals surface area contributed by atoms with E-state index < -0.39 is 0 Å². The molecule has 2 aromatic rings. The van der Waals surface area contributed by atoms with Gasteiger partial charge in [0.25, 0.3) is 0 Å². The van der Waals surface area contributed by atoms with E-state index in [1.54, 1.807) is 29.2 Å². The molecule has 0 saturated carbocycles. The summed E-state index contributed by atoms with van der Waals surface area (Å²) in [7, 11) is 1.44. The minimum Gasteiger partial charge on any atom is -0.494 e. The number of carbonyl (C=O) groups excluding carboxylic acids is 1. The van der Waals surface area contributed by atoms with Crippen molar-refractivity contribution in [1.82, 2.24) is 9.80 Å². The predicted molar refractivity (Wildman–Crippen MR) is 94.9 cm³/mol. The Labute approximate surface area is 152 Å². The van der Waals surface area contributed by atoms with Crippen LogP contribution >= 0.6 is 0 Å². The molecule has 1 aliphatic rings. The molecule has 2 aromatic carbocycles. The number of benzene rings is 2. The van der Waals surface area contributed by atoms with Gasteiger partial charge in [-0.2, -0.15) is 0 Å². The molecule has 1 aliphatic heterocycles.